The molecule has 11 unspecified atom stereocenters. The highest BCUT2D eigenvalue weighted by Gasteiger charge is 2.54. The Kier molecular flexibility index (Phi) is 14.4. The Morgan fingerprint density at radius 2 is 0.754 bits per heavy atom. The quantitative estimate of drug-likeness (QED) is 0.206. The molecular weight excluding hydrogens is 732 g/mol. The zero-order chi connectivity index (χ0) is 41.0. The van der Waals surface area contributed by atoms with Gasteiger partial charge in [-0.05, 0) is 55.8 Å². The monoisotopic (exact) mass is 811 g/mol. The Labute approximate surface area is 343 Å². The standard InChI is InChI=1S/C45H78O12/c1-15-31-36(54-43-27(11)22(6)38(33(17-3)50-43)56-45-29(13)24(8)39-34(53-45)18-46-30(14)48-39)21(5)26(10)42(49-31)55-37-23(7)28(12)44(51-32(37)16-2)57-40-20(4)25(9)41-47-19-35(40)52-41/h20-45H,15-19H2,1-14H3/t20?,21?,22?,23?,24?,25?,26-,27?,28-,29?,30?,31?,32?,33-,34-,35-,36-,37-,38-,39-,40-,41+,42-,43-,44-,45+/m0/s1. The summed E-state index contributed by atoms with van der Waals surface area (Å²) in [6, 6.07) is 0. The molecular formula is C45H78O12. The predicted molar refractivity (Wildman–Crippen MR) is 212 cm³/mol. The first-order valence-corrected chi connectivity index (χ1v) is 22.9. The van der Waals surface area contributed by atoms with Crippen LogP contribution in [0.3, 0.4) is 0 Å². The Bertz CT molecular complexity index is 1280. The molecule has 57 heavy (non-hydrogen) atoms. The number of hydrogen-bond acceptors (Lipinski definition) is 12. The van der Waals surface area contributed by atoms with Crippen molar-refractivity contribution in [2.75, 3.05) is 13.2 Å². The fourth-order valence-corrected chi connectivity index (χ4v) is 10.7. The van der Waals surface area contributed by atoms with Crippen LogP contribution in [0.15, 0.2) is 0 Å². The van der Waals surface area contributed by atoms with Gasteiger partial charge < -0.3 is 56.8 Å². The Morgan fingerprint density at radius 1 is 0.368 bits per heavy atom. The van der Waals surface area contributed by atoms with Crippen molar-refractivity contribution in [1.29, 1.82) is 0 Å². The van der Waals surface area contributed by atoms with Crippen LogP contribution in [0.5, 0.6) is 0 Å². The fourth-order valence-electron chi connectivity index (χ4n) is 10.7. The van der Waals surface area contributed by atoms with Gasteiger partial charge in [-0.1, -0.05) is 90.0 Å². The van der Waals surface area contributed by atoms with Crippen LogP contribution in [0, 0.1) is 59.2 Å². The van der Waals surface area contributed by atoms with Gasteiger partial charge in [0.2, 0.25) is 0 Å². The molecule has 12 nitrogen and oxygen atoms in total. The lowest BCUT2D eigenvalue weighted by molar-refractivity contribution is -0.371. The van der Waals surface area contributed by atoms with Crippen LogP contribution in [-0.4, -0.2) is 112 Å². The SMILES string of the molecule is CCC1O[C@@H](O[C@@H]2C(CC)O[C@@H](O[C@H]3C(C)C(C)[C@@H]4OC[C@@H]3O4)[C@@H](C)C2C)[C@@H](C)C(C)[C@@H]1O[C@@H]1O[C@@H](CC)[C@@H](O[C@H]2O[C@H]3COC(C)O[C@H]3C(C)C2C)C(C)C1C. The number of ether oxygens (including phenoxy) is 12. The third-order valence-electron chi connectivity index (χ3n) is 15.9. The van der Waals surface area contributed by atoms with Crippen molar-refractivity contribution in [3.05, 3.63) is 0 Å². The molecule has 0 radical (unpaired) electrons. The van der Waals surface area contributed by atoms with E-state index < -0.39 is 0 Å². The third-order valence-corrected chi connectivity index (χ3v) is 15.9. The molecule has 0 saturated carbocycles. The molecule has 26 atom stereocenters. The van der Waals surface area contributed by atoms with E-state index in [9.17, 15) is 0 Å². The van der Waals surface area contributed by atoms with Crippen molar-refractivity contribution < 1.29 is 56.8 Å². The van der Waals surface area contributed by atoms with Crippen LogP contribution < -0.4 is 0 Å². The highest BCUT2D eigenvalue weighted by Crippen LogP contribution is 2.46. The van der Waals surface area contributed by atoms with Crippen molar-refractivity contribution in [2.24, 2.45) is 59.2 Å². The van der Waals surface area contributed by atoms with Gasteiger partial charge in [-0.3, -0.25) is 0 Å². The van der Waals surface area contributed by atoms with Gasteiger partial charge in [0.1, 0.15) is 12.2 Å². The lowest BCUT2D eigenvalue weighted by Gasteiger charge is -2.52. The normalized spacial score (nSPS) is 55.7. The molecule has 0 aliphatic carbocycles. The molecule has 0 aromatic heterocycles. The minimum atomic E-state index is -0.384. The lowest BCUT2D eigenvalue weighted by Crippen LogP contribution is -2.60. The second kappa shape index (κ2) is 18.5. The molecule has 12 heteroatoms. The maximum Gasteiger partial charge on any atom is 0.161 e. The van der Waals surface area contributed by atoms with Gasteiger partial charge in [0.25, 0.3) is 0 Å². The average molecular weight is 811 g/mol. The summed E-state index contributed by atoms with van der Waals surface area (Å²) in [7, 11) is 0. The molecule has 0 N–H and O–H groups in total. The van der Waals surface area contributed by atoms with E-state index in [0.29, 0.717) is 19.1 Å². The van der Waals surface area contributed by atoms with Crippen LogP contribution in [0.4, 0.5) is 0 Å². The molecule has 0 aromatic rings. The molecule has 0 amide bonds. The fraction of sp³-hybridized carbons (Fsp3) is 1.00. The molecule has 7 aliphatic rings. The summed E-state index contributed by atoms with van der Waals surface area (Å²) >= 11 is 0. The first-order chi connectivity index (χ1) is 27.2. The van der Waals surface area contributed by atoms with Gasteiger partial charge in [0, 0.05) is 29.6 Å². The van der Waals surface area contributed by atoms with Crippen LogP contribution in [0.2, 0.25) is 0 Å². The highest BCUT2D eigenvalue weighted by atomic mass is 16.8. The summed E-state index contributed by atoms with van der Waals surface area (Å²) in [5.41, 5.74) is 0. The molecule has 330 valence electrons. The number of rotatable bonds is 11. The summed E-state index contributed by atoms with van der Waals surface area (Å²) in [6.45, 7) is 31.9. The summed E-state index contributed by atoms with van der Waals surface area (Å²) < 4.78 is 78.8. The van der Waals surface area contributed by atoms with Gasteiger partial charge in [0.05, 0.1) is 62.0 Å². The second-order valence-corrected chi connectivity index (χ2v) is 19.3. The smallest absolute Gasteiger partial charge is 0.161 e. The molecule has 7 aliphatic heterocycles. The maximum atomic E-state index is 7.05. The second-order valence-electron chi connectivity index (χ2n) is 19.3. The van der Waals surface area contributed by atoms with Crippen LogP contribution in [0.1, 0.15) is 116 Å². The topological polar surface area (TPSA) is 111 Å². The summed E-state index contributed by atoms with van der Waals surface area (Å²) in [6.07, 6.45) is -0.462. The van der Waals surface area contributed by atoms with Gasteiger partial charge >= 0.3 is 0 Å². The zero-order valence-electron chi connectivity index (χ0n) is 37.4. The van der Waals surface area contributed by atoms with E-state index in [0.717, 1.165) is 19.3 Å². The summed E-state index contributed by atoms with van der Waals surface area (Å²) in [4.78, 5) is 0. The Balaban J connectivity index is 0.968. The van der Waals surface area contributed by atoms with Gasteiger partial charge in [-0.2, -0.15) is 0 Å². The lowest BCUT2D eigenvalue weighted by atomic mass is 9.81. The molecule has 7 fully saturated rings. The molecule has 2 bridgehead atoms. The molecule has 7 heterocycles. The van der Waals surface area contributed by atoms with Gasteiger partial charge in [-0.15, -0.1) is 0 Å². The van der Waals surface area contributed by atoms with Gasteiger partial charge in [-0.25, -0.2) is 0 Å². The van der Waals surface area contributed by atoms with Crippen LogP contribution >= 0.6 is 0 Å². The maximum absolute atomic E-state index is 7.05. The van der Waals surface area contributed by atoms with E-state index >= 15 is 0 Å². The highest BCUT2D eigenvalue weighted by molar-refractivity contribution is 4.96. The van der Waals surface area contributed by atoms with E-state index in [1.54, 1.807) is 0 Å². The summed E-state index contributed by atoms with van der Waals surface area (Å²) in [5.74, 6) is 1.86. The first kappa shape index (κ1) is 44.6. The van der Waals surface area contributed by atoms with Crippen molar-refractivity contribution in [1.82, 2.24) is 0 Å². The molecule has 7 rings (SSSR count). The molecule has 0 spiro atoms. The molecule has 0 aromatic carbocycles. The minimum Gasteiger partial charge on any atom is -0.350 e. The van der Waals surface area contributed by atoms with E-state index in [1.807, 2.05) is 6.92 Å². The van der Waals surface area contributed by atoms with E-state index in [-0.39, 0.29) is 152 Å². The summed E-state index contributed by atoms with van der Waals surface area (Å²) in [5, 5.41) is 0. The average Bonchev–Trinajstić information content (AvgIpc) is 3.66. The largest absolute Gasteiger partial charge is 0.350 e. The minimum absolute atomic E-state index is 0.00477. The number of fused-ring (bicyclic) bond motifs is 3. The van der Waals surface area contributed by atoms with E-state index in [2.05, 4.69) is 90.0 Å². The first-order valence-electron chi connectivity index (χ1n) is 22.9. The van der Waals surface area contributed by atoms with E-state index in [1.165, 1.54) is 0 Å². The van der Waals surface area contributed by atoms with Crippen LogP contribution in [-0.2, 0) is 56.8 Å². The van der Waals surface area contributed by atoms with Gasteiger partial charge in [0.15, 0.2) is 37.7 Å². The van der Waals surface area contributed by atoms with Crippen molar-refractivity contribution in [3.8, 4) is 0 Å². The van der Waals surface area contributed by atoms with Crippen molar-refractivity contribution >= 4 is 0 Å². The molecule has 7 saturated heterocycles. The Hall–Kier alpha value is -0.480. The zero-order valence-corrected chi connectivity index (χ0v) is 37.4. The number of hydrogen-bond donors (Lipinski definition) is 0. The third kappa shape index (κ3) is 8.66. The Morgan fingerprint density at radius 3 is 1.21 bits per heavy atom. The van der Waals surface area contributed by atoms with Crippen molar-refractivity contribution in [3.63, 3.8) is 0 Å². The van der Waals surface area contributed by atoms with Crippen LogP contribution in [0.25, 0.3) is 0 Å². The predicted octanol–water partition coefficient (Wildman–Crippen LogP) is 7.53. The van der Waals surface area contributed by atoms with E-state index in [4.69, 9.17) is 56.8 Å². The van der Waals surface area contributed by atoms with Crippen molar-refractivity contribution in [2.45, 2.75) is 215 Å².